The lowest BCUT2D eigenvalue weighted by Gasteiger charge is -2.03. The van der Waals surface area contributed by atoms with Gasteiger partial charge in [0.05, 0.1) is 24.7 Å². The summed E-state index contributed by atoms with van der Waals surface area (Å²) in [6.07, 6.45) is 1.46. The number of hydrogen-bond acceptors (Lipinski definition) is 4. The van der Waals surface area contributed by atoms with Gasteiger partial charge in [-0.1, -0.05) is 12.1 Å². The molecule has 0 aromatic heterocycles. The largest absolute Gasteiger partial charge is 0.374 e. The Labute approximate surface area is 95.1 Å². The highest BCUT2D eigenvalue weighted by Crippen LogP contribution is 2.13. The summed E-state index contributed by atoms with van der Waals surface area (Å²) < 4.78 is 32.8. The first kappa shape index (κ1) is 11.6. The third kappa shape index (κ3) is 3.30. The Kier molecular flexibility index (Phi) is 3.28. The summed E-state index contributed by atoms with van der Waals surface area (Å²) >= 11 is 0. The molecule has 1 aromatic carbocycles. The van der Waals surface area contributed by atoms with Gasteiger partial charge in [0.15, 0.2) is 9.84 Å². The zero-order valence-electron chi connectivity index (χ0n) is 9.05. The molecule has 88 valence electrons. The van der Waals surface area contributed by atoms with Crippen LogP contribution in [0.5, 0.6) is 0 Å². The minimum absolute atomic E-state index is 0.260. The zero-order valence-corrected chi connectivity index (χ0v) is 9.87. The number of hydrogen-bond donors (Lipinski definition) is 0. The third-order valence-corrected chi connectivity index (χ3v) is 3.45. The molecule has 0 spiro atoms. The van der Waals surface area contributed by atoms with Gasteiger partial charge < -0.3 is 9.47 Å². The average molecular weight is 242 g/mol. The molecule has 1 aliphatic rings. The lowest BCUT2D eigenvalue weighted by Crippen LogP contribution is -2.02. The van der Waals surface area contributed by atoms with Crippen molar-refractivity contribution in [3.05, 3.63) is 29.8 Å². The summed E-state index contributed by atoms with van der Waals surface area (Å²) in [5.41, 5.74) is 0.966. The molecular weight excluding hydrogens is 228 g/mol. The Hall–Kier alpha value is -0.910. The maximum Gasteiger partial charge on any atom is 0.175 e. The van der Waals surface area contributed by atoms with Crippen LogP contribution in [0.25, 0.3) is 0 Å². The van der Waals surface area contributed by atoms with E-state index in [1.807, 2.05) is 0 Å². The standard InChI is InChI=1S/C11H14O4S/c1-16(12,13)11-4-2-9(3-5-11)6-14-7-10-8-15-10/h2-5,10H,6-8H2,1H3/t10-/m1/s1. The van der Waals surface area contributed by atoms with Gasteiger partial charge in [0.1, 0.15) is 6.10 Å². The van der Waals surface area contributed by atoms with Crippen LogP contribution < -0.4 is 0 Å². The van der Waals surface area contributed by atoms with Crippen LogP contribution in [-0.2, 0) is 25.9 Å². The lowest BCUT2D eigenvalue weighted by atomic mass is 10.2. The van der Waals surface area contributed by atoms with Gasteiger partial charge in [0.25, 0.3) is 0 Å². The normalized spacial score (nSPS) is 19.7. The fourth-order valence-electron chi connectivity index (χ4n) is 1.31. The summed E-state index contributed by atoms with van der Waals surface area (Å²) in [4.78, 5) is 0.335. The molecule has 1 aromatic rings. The molecular formula is C11H14O4S. The molecule has 0 unspecified atom stereocenters. The first-order valence-electron chi connectivity index (χ1n) is 5.04. The molecule has 5 heteroatoms. The number of rotatable bonds is 5. The molecule has 0 aliphatic carbocycles. The van der Waals surface area contributed by atoms with Gasteiger partial charge in [0.2, 0.25) is 0 Å². The molecule has 0 saturated carbocycles. The minimum atomic E-state index is -3.10. The van der Waals surface area contributed by atoms with Crippen molar-refractivity contribution >= 4 is 9.84 Å². The number of epoxide rings is 1. The van der Waals surface area contributed by atoms with Gasteiger partial charge in [-0.25, -0.2) is 8.42 Å². The van der Waals surface area contributed by atoms with E-state index < -0.39 is 9.84 Å². The topological polar surface area (TPSA) is 55.9 Å². The van der Waals surface area contributed by atoms with E-state index >= 15 is 0 Å². The van der Waals surface area contributed by atoms with E-state index in [1.54, 1.807) is 24.3 Å². The monoisotopic (exact) mass is 242 g/mol. The summed E-state index contributed by atoms with van der Waals surface area (Å²) in [7, 11) is -3.10. The van der Waals surface area contributed by atoms with E-state index in [0.29, 0.717) is 18.1 Å². The zero-order chi connectivity index (χ0) is 11.6. The van der Waals surface area contributed by atoms with Gasteiger partial charge in [-0.15, -0.1) is 0 Å². The molecule has 1 aliphatic heterocycles. The highest BCUT2D eigenvalue weighted by molar-refractivity contribution is 7.90. The van der Waals surface area contributed by atoms with Crippen LogP contribution in [0.3, 0.4) is 0 Å². The van der Waals surface area contributed by atoms with Crippen molar-refractivity contribution in [2.45, 2.75) is 17.6 Å². The second-order valence-electron chi connectivity index (χ2n) is 3.89. The predicted molar refractivity (Wildman–Crippen MR) is 58.9 cm³/mol. The van der Waals surface area contributed by atoms with E-state index in [1.165, 1.54) is 6.26 Å². The summed E-state index contributed by atoms with van der Waals surface area (Å²) in [5.74, 6) is 0. The minimum Gasteiger partial charge on any atom is -0.374 e. The quantitative estimate of drug-likeness (QED) is 0.723. The van der Waals surface area contributed by atoms with E-state index in [-0.39, 0.29) is 6.10 Å². The van der Waals surface area contributed by atoms with E-state index in [9.17, 15) is 8.42 Å². The first-order valence-corrected chi connectivity index (χ1v) is 6.93. The molecule has 1 atom stereocenters. The van der Waals surface area contributed by atoms with Crippen LogP contribution in [0.2, 0.25) is 0 Å². The molecule has 0 radical (unpaired) electrons. The van der Waals surface area contributed by atoms with Gasteiger partial charge in [-0.3, -0.25) is 0 Å². The maximum atomic E-state index is 11.2. The third-order valence-electron chi connectivity index (χ3n) is 2.33. The second-order valence-corrected chi connectivity index (χ2v) is 5.90. The summed E-state index contributed by atoms with van der Waals surface area (Å²) in [6, 6.07) is 6.73. The van der Waals surface area contributed by atoms with Gasteiger partial charge in [-0.05, 0) is 17.7 Å². The molecule has 1 heterocycles. The molecule has 2 rings (SSSR count). The van der Waals surface area contributed by atoms with Gasteiger partial charge in [0, 0.05) is 6.26 Å². The Morgan fingerprint density at radius 3 is 2.50 bits per heavy atom. The molecule has 16 heavy (non-hydrogen) atoms. The Morgan fingerprint density at radius 2 is 2.00 bits per heavy atom. The molecule has 4 nitrogen and oxygen atoms in total. The number of sulfone groups is 1. The molecule has 0 N–H and O–H groups in total. The predicted octanol–water partition coefficient (Wildman–Crippen LogP) is 1.01. The Morgan fingerprint density at radius 1 is 1.38 bits per heavy atom. The van der Waals surface area contributed by atoms with Crippen molar-refractivity contribution in [3.63, 3.8) is 0 Å². The lowest BCUT2D eigenvalue weighted by molar-refractivity contribution is 0.104. The van der Waals surface area contributed by atoms with Crippen molar-refractivity contribution < 1.29 is 17.9 Å². The van der Waals surface area contributed by atoms with Crippen LogP contribution in [0.1, 0.15) is 5.56 Å². The Balaban J connectivity index is 1.90. The Bertz CT molecular complexity index is 445. The first-order chi connectivity index (χ1) is 7.55. The second kappa shape index (κ2) is 4.53. The van der Waals surface area contributed by atoms with Crippen molar-refractivity contribution in [3.8, 4) is 0 Å². The van der Waals surface area contributed by atoms with Crippen LogP contribution in [0.4, 0.5) is 0 Å². The highest BCUT2D eigenvalue weighted by Gasteiger charge is 2.22. The molecule has 1 fully saturated rings. The van der Waals surface area contributed by atoms with Crippen LogP contribution >= 0.6 is 0 Å². The smallest absolute Gasteiger partial charge is 0.175 e. The summed E-state index contributed by atoms with van der Waals surface area (Å²) in [6.45, 7) is 1.88. The van der Waals surface area contributed by atoms with Crippen molar-refractivity contribution in [2.24, 2.45) is 0 Å². The van der Waals surface area contributed by atoms with E-state index in [4.69, 9.17) is 9.47 Å². The summed E-state index contributed by atoms with van der Waals surface area (Å²) in [5, 5.41) is 0. The fourth-order valence-corrected chi connectivity index (χ4v) is 1.94. The van der Waals surface area contributed by atoms with Crippen LogP contribution in [-0.4, -0.2) is 34.0 Å². The number of ether oxygens (including phenoxy) is 2. The van der Waals surface area contributed by atoms with Gasteiger partial charge in [-0.2, -0.15) is 0 Å². The SMILES string of the molecule is CS(=O)(=O)c1ccc(COC[C@@H]2CO2)cc1. The van der Waals surface area contributed by atoms with Crippen molar-refractivity contribution in [1.29, 1.82) is 0 Å². The molecule has 1 saturated heterocycles. The maximum absolute atomic E-state index is 11.2. The molecule has 0 amide bonds. The van der Waals surface area contributed by atoms with E-state index in [0.717, 1.165) is 12.2 Å². The number of benzene rings is 1. The molecule has 0 bridgehead atoms. The highest BCUT2D eigenvalue weighted by atomic mass is 32.2. The average Bonchev–Trinajstić information content (AvgIpc) is 3.01. The van der Waals surface area contributed by atoms with Gasteiger partial charge >= 0.3 is 0 Å². The van der Waals surface area contributed by atoms with E-state index in [2.05, 4.69) is 0 Å². The van der Waals surface area contributed by atoms with Crippen molar-refractivity contribution in [1.82, 2.24) is 0 Å². The van der Waals surface area contributed by atoms with Crippen LogP contribution in [0, 0.1) is 0 Å². The van der Waals surface area contributed by atoms with Crippen LogP contribution in [0.15, 0.2) is 29.2 Å². The van der Waals surface area contributed by atoms with Crippen molar-refractivity contribution in [2.75, 3.05) is 19.5 Å². The fraction of sp³-hybridized carbons (Fsp3) is 0.455.